The molecule has 21 atom stereocenters. The number of hydrogen-bond acceptors (Lipinski definition) is 13. The Morgan fingerprint density at radius 1 is 0.727 bits per heavy atom. The predicted octanol–water partition coefficient (Wildman–Crippen LogP) is 1.78. The Labute approximate surface area is 325 Å². The molecule has 314 valence electrons. The highest BCUT2D eigenvalue weighted by Gasteiger charge is 2.79. The van der Waals surface area contributed by atoms with Gasteiger partial charge in [0, 0.05) is 22.2 Å². The number of fused-ring (bicyclic) bond motifs is 4. The second kappa shape index (κ2) is 13.4. The maximum Gasteiger partial charge on any atom is 0.187 e. The molecule has 2 bridgehead atoms. The molecule has 5 aliphatic carbocycles. The van der Waals surface area contributed by atoms with E-state index in [9.17, 15) is 40.9 Å². The van der Waals surface area contributed by atoms with Crippen molar-refractivity contribution in [2.75, 3.05) is 19.8 Å². The molecule has 8 N–H and O–H groups in total. The van der Waals surface area contributed by atoms with Crippen molar-refractivity contribution in [3.05, 3.63) is 12.2 Å². The summed E-state index contributed by atoms with van der Waals surface area (Å²) in [6.07, 6.45) is -3.39. The Hall–Kier alpha value is -0.780. The highest BCUT2D eigenvalue weighted by Crippen LogP contribution is 2.79. The summed E-state index contributed by atoms with van der Waals surface area (Å²) in [5.74, 6) is 0.449. The Morgan fingerprint density at radius 2 is 1.44 bits per heavy atom. The van der Waals surface area contributed by atoms with Crippen LogP contribution in [0.3, 0.4) is 0 Å². The zero-order valence-electron chi connectivity index (χ0n) is 33.7. The number of hydrogen-bond donors (Lipinski definition) is 8. The summed E-state index contributed by atoms with van der Waals surface area (Å²) in [6, 6.07) is 0. The number of allylic oxidation sites excluding steroid dienone is 1. The Kier molecular flexibility index (Phi) is 9.95. The van der Waals surface area contributed by atoms with Gasteiger partial charge in [-0.05, 0) is 86.4 Å². The number of rotatable bonds is 6. The van der Waals surface area contributed by atoms with Crippen LogP contribution in [0.2, 0.25) is 0 Å². The van der Waals surface area contributed by atoms with E-state index in [1.54, 1.807) is 6.92 Å². The molecule has 5 unspecified atom stereocenters. The van der Waals surface area contributed by atoms with E-state index in [2.05, 4.69) is 53.7 Å². The fourth-order valence-electron chi connectivity index (χ4n) is 14.3. The first kappa shape index (κ1) is 41.0. The van der Waals surface area contributed by atoms with Crippen LogP contribution in [0.1, 0.15) is 99.8 Å². The summed E-state index contributed by atoms with van der Waals surface area (Å²) < 4.78 is 31.2. The third kappa shape index (κ3) is 5.44. The largest absolute Gasteiger partial charge is 0.396 e. The molecule has 3 aliphatic heterocycles. The predicted molar refractivity (Wildman–Crippen MR) is 197 cm³/mol. The van der Waals surface area contributed by atoms with Gasteiger partial charge >= 0.3 is 0 Å². The average molecular weight is 781 g/mol. The van der Waals surface area contributed by atoms with Gasteiger partial charge in [0.25, 0.3) is 0 Å². The van der Waals surface area contributed by atoms with Crippen LogP contribution < -0.4 is 0 Å². The standard InChI is InChI=1S/C42H68O13/c1-21-28(46)33(55-34-31(49)30(48)29(47)22(18-43)53-34)32(50)35(52-21)54-27-10-11-37(4)23(38(27,5)19-44)8-12-39(6)24(37)9-13-42-25-16-36(2,3)14-15-41(25,20-51-42)26(45)17-40(39,42)7/h9,13,21-35,43-50H,8,10-12,14-20H2,1-7H3/t21-,22-,23?,24?,25-,26?,27?,28+,29-,30-,31-,32-,33-,34+,35+,37+,38+,39-,40?,41-,42+/m1/s1. The molecule has 0 aromatic rings. The van der Waals surface area contributed by atoms with E-state index in [4.69, 9.17) is 23.7 Å². The van der Waals surface area contributed by atoms with E-state index < -0.39 is 91.2 Å². The minimum absolute atomic E-state index is 0.0414. The lowest BCUT2D eigenvalue weighted by Crippen LogP contribution is -2.72. The summed E-state index contributed by atoms with van der Waals surface area (Å²) in [5, 5.41) is 87.0. The van der Waals surface area contributed by atoms with E-state index in [0.717, 1.165) is 38.5 Å². The molecule has 3 saturated heterocycles. The fraction of sp³-hybridized carbons (Fsp3) is 0.952. The van der Waals surface area contributed by atoms with Crippen molar-refractivity contribution in [1.82, 2.24) is 0 Å². The van der Waals surface area contributed by atoms with Gasteiger partial charge in [0.05, 0.1) is 43.7 Å². The van der Waals surface area contributed by atoms with Gasteiger partial charge in [-0.3, -0.25) is 0 Å². The number of ether oxygens (including phenoxy) is 5. The lowest BCUT2D eigenvalue weighted by molar-refractivity contribution is -0.367. The topological polar surface area (TPSA) is 208 Å². The first-order valence-corrected chi connectivity index (χ1v) is 20.9. The highest BCUT2D eigenvalue weighted by molar-refractivity contribution is 5.36. The number of aliphatic hydroxyl groups excluding tert-OH is 8. The molecule has 4 saturated carbocycles. The van der Waals surface area contributed by atoms with Gasteiger partial charge in [0.2, 0.25) is 0 Å². The molecular weight excluding hydrogens is 712 g/mol. The van der Waals surface area contributed by atoms with Gasteiger partial charge in [0.1, 0.15) is 42.7 Å². The van der Waals surface area contributed by atoms with E-state index in [1.165, 1.54) is 0 Å². The zero-order chi connectivity index (χ0) is 39.9. The van der Waals surface area contributed by atoms with E-state index >= 15 is 0 Å². The van der Waals surface area contributed by atoms with Gasteiger partial charge < -0.3 is 64.5 Å². The molecule has 55 heavy (non-hydrogen) atoms. The molecule has 8 aliphatic rings. The Morgan fingerprint density at radius 3 is 2.13 bits per heavy atom. The van der Waals surface area contributed by atoms with Crippen LogP contribution in [-0.2, 0) is 23.7 Å². The fourth-order valence-corrected chi connectivity index (χ4v) is 14.3. The van der Waals surface area contributed by atoms with Crippen LogP contribution in [-0.4, -0.2) is 140 Å². The van der Waals surface area contributed by atoms with Gasteiger partial charge in [-0.2, -0.15) is 0 Å². The lowest BCUT2D eigenvalue weighted by Gasteiger charge is -2.73. The second-order valence-corrected chi connectivity index (χ2v) is 21.0. The SMILES string of the molecule is C[C@H]1O[C@@H](OC2CC[C@@]3(C)C(CC[C@]4(C)C3C=C[C@]35OC[C@@]6(CCC(C)(C)C[C@H]63)C(O)CC54C)[C@]2(C)CO)[C@H](O)[C@H](O[C@@H]2O[C@H](CO)[C@@H](O)[C@@H](O)[C@H]2O)[C@H]1O. The molecule has 0 radical (unpaired) electrons. The summed E-state index contributed by atoms with van der Waals surface area (Å²) in [7, 11) is 0. The third-order valence-corrected chi connectivity index (χ3v) is 17.9. The average Bonchev–Trinajstić information content (AvgIpc) is 3.41. The van der Waals surface area contributed by atoms with Crippen molar-refractivity contribution in [2.24, 2.45) is 50.2 Å². The van der Waals surface area contributed by atoms with Crippen molar-refractivity contribution in [1.29, 1.82) is 0 Å². The van der Waals surface area contributed by atoms with Crippen molar-refractivity contribution in [3.8, 4) is 0 Å². The summed E-state index contributed by atoms with van der Waals surface area (Å²) >= 11 is 0. The molecular formula is C42H68O13. The quantitative estimate of drug-likeness (QED) is 0.143. The smallest absolute Gasteiger partial charge is 0.187 e. The minimum Gasteiger partial charge on any atom is -0.396 e. The maximum absolute atomic E-state index is 12.1. The maximum atomic E-state index is 12.1. The normalized spacial score (nSPS) is 59.7. The van der Waals surface area contributed by atoms with E-state index in [1.807, 2.05) is 0 Å². The van der Waals surface area contributed by atoms with Gasteiger partial charge in [0.15, 0.2) is 12.6 Å². The zero-order valence-corrected chi connectivity index (χ0v) is 33.7. The molecule has 13 heteroatoms. The van der Waals surface area contributed by atoms with Gasteiger partial charge in [-0.1, -0.05) is 53.7 Å². The Balaban J connectivity index is 1.05. The molecule has 7 fully saturated rings. The van der Waals surface area contributed by atoms with Crippen molar-refractivity contribution in [3.63, 3.8) is 0 Å². The lowest BCUT2D eigenvalue weighted by atomic mass is 9.32. The third-order valence-electron chi connectivity index (χ3n) is 17.9. The first-order chi connectivity index (χ1) is 25.7. The highest BCUT2D eigenvalue weighted by atomic mass is 16.7. The van der Waals surface area contributed by atoms with Crippen LogP contribution in [0.25, 0.3) is 0 Å². The molecule has 0 aromatic carbocycles. The molecule has 13 nitrogen and oxygen atoms in total. The first-order valence-electron chi connectivity index (χ1n) is 20.9. The van der Waals surface area contributed by atoms with Crippen molar-refractivity contribution < 1.29 is 64.5 Å². The summed E-state index contributed by atoms with van der Waals surface area (Å²) in [6.45, 7) is 15.4. The molecule has 3 heterocycles. The van der Waals surface area contributed by atoms with Crippen LogP contribution in [0.4, 0.5) is 0 Å². The second-order valence-electron chi connectivity index (χ2n) is 21.0. The van der Waals surface area contributed by atoms with Crippen molar-refractivity contribution in [2.45, 2.75) is 179 Å². The van der Waals surface area contributed by atoms with E-state index in [-0.39, 0.29) is 51.4 Å². The van der Waals surface area contributed by atoms with Crippen LogP contribution in [0.15, 0.2) is 12.2 Å². The van der Waals surface area contributed by atoms with E-state index in [0.29, 0.717) is 19.4 Å². The summed E-state index contributed by atoms with van der Waals surface area (Å²) in [4.78, 5) is 0. The molecule has 8 rings (SSSR count). The van der Waals surface area contributed by atoms with Crippen LogP contribution in [0.5, 0.6) is 0 Å². The van der Waals surface area contributed by atoms with Crippen LogP contribution in [0, 0.1) is 50.2 Å². The van der Waals surface area contributed by atoms with Gasteiger partial charge in [-0.15, -0.1) is 0 Å². The minimum atomic E-state index is -1.72. The molecule has 0 aromatic heterocycles. The summed E-state index contributed by atoms with van der Waals surface area (Å²) in [5.41, 5.74) is -1.90. The number of aliphatic hydroxyl groups is 8. The van der Waals surface area contributed by atoms with Crippen molar-refractivity contribution >= 4 is 0 Å². The monoisotopic (exact) mass is 780 g/mol. The van der Waals surface area contributed by atoms with Gasteiger partial charge in [-0.25, -0.2) is 0 Å². The van der Waals surface area contributed by atoms with Crippen LogP contribution >= 0.6 is 0 Å². The molecule has 1 spiro atoms. The molecule has 0 amide bonds. The Bertz CT molecular complexity index is 1490.